The monoisotopic (exact) mass is 345 g/mol. The van der Waals surface area contributed by atoms with E-state index in [0.717, 1.165) is 24.1 Å². The summed E-state index contributed by atoms with van der Waals surface area (Å²) in [5, 5.41) is 19.3. The zero-order valence-electron chi connectivity index (χ0n) is 14.7. The minimum atomic E-state index is -0.843. The number of nitrogens with zero attached hydrogens (tertiary/aromatic N) is 1. The molecule has 0 amide bonds. The van der Waals surface area contributed by atoms with Crippen LogP contribution in [0.5, 0.6) is 0 Å². The van der Waals surface area contributed by atoms with E-state index < -0.39 is 12.0 Å². The molecule has 0 saturated heterocycles. The molecule has 0 aromatic heterocycles. The van der Waals surface area contributed by atoms with E-state index in [1.54, 1.807) is 18.9 Å². The average molecular weight is 345 g/mol. The van der Waals surface area contributed by atoms with Crippen molar-refractivity contribution >= 4 is 41.2 Å². The van der Waals surface area contributed by atoms with Crippen molar-refractivity contribution in [3.63, 3.8) is 0 Å². The number of anilines is 1. The number of benzene rings is 1. The standard InChI is InChI=1S/C19H31NO3.Na.H/c1-4-5-6-7-8-12-18(21)14-16-10-9-11-17(13-16)20(3)15(2)19(22)23;;/h9-11,13,15,18,21H,4-8,12,14H2,1-3H3,(H,22,23);;. The van der Waals surface area contributed by atoms with Crippen molar-refractivity contribution < 1.29 is 15.0 Å². The van der Waals surface area contributed by atoms with E-state index in [4.69, 9.17) is 5.11 Å². The molecular formula is C19H32NNaO3. The van der Waals surface area contributed by atoms with Crippen LogP contribution < -0.4 is 4.90 Å². The van der Waals surface area contributed by atoms with Crippen LogP contribution in [-0.2, 0) is 11.2 Å². The molecule has 0 bridgehead atoms. The molecule has 0 fully saturated rings. The second-order valence-corrected chi connectivity index (χ2v) is 6.36. The van der Waals surface area contributed by atoms with Crippen molar-refractivity contribution in [1.29, 1.82) is 0 Å². The molecular weight excluding hydrogens is 313 g/mol. The Labute approximate surface area is 168 Å². The third-order valence-corrected chi connectivity index (χ3v) is 4.37. The van der Waals surface area contributed by atoms with Gasteiger partial charge in [0, 0.05) is 12.7 Å². The molecule has 132 valence electrons. The van der Waals surface area contributed by atoms with Gasteiger partial charge in [-0.15, -0.1) is 0 Å². The normalized spacial score (nSPS) is 13.0. The molecule has 0 aliphatic heterocycles. The fraction of sp³-hybridized carbons (Fsp3) is 0.632. The number of hydrogen-bond acceptors (Lipinski definition) is 3. The van der Waals surface area contributed by atoms with Crippen molar-refractivity contribution in [2.45, 2.75) is 70.9 Å². The van der Waals surface area contributed by atoms with Gasteiger partial charge in [-0.1, -0.05) is 51.2 Å². The van der Waals surface area contributed by atoms with E-state index in [-0.39, 0.29) is 35.7 Å². The summed E-state index contributed by atoms with van der Waals surface area (Å²) in [5.41, 5.74) is 1.92. The van der Waals surface area contributed by atoms with Crippen LogP contribution in [0.1, 0.15) is 57.9 Å². The van der Waals surface area contributed by atoms with Crippen LogP contribution in [0.3, 0.4) is 0 Å². The maximum atomic E-state index is 11.1. The first-order valence-electron chi connectivity index (χ1n) is 8.68. The summed E-state index contributed by atoms with van der Waals surface area (Å²) in [6.07, 6.45) is 7.13. The van der Waals surface area contributed by atoms with E-state index in [1.165, 1.54) is 25.7 Å². The van der Waals surface area contributed by atoms with Gasteiger partial charge in [-0.3, -0.25) is 0 Å². The number of unbranched alkanes of at least 4 members (excludes halogenated alkanes) is 4. The first kappa shape index (κ1) is 23.4. The molecule has 0 spiro atoms. The number of hydrogen-bond donors (Lipinski definition) is 2. The molecule has 1 aromatic rings. The molecule has 0 saturated carbocycles. The van der Waals surface area contributed by atoms with Crippen LogP contribution in [-0.4, -0.2) is 64.9 Å². The number of aliphatic carboxylic acids is 1. The third kappa shape index (κ3) is 8.52. The Morgan fingerprint density at radius 1 is 1.21 bits per heavy atom. The SMILES string of the molecule is CCCCCCCC(O)Cc1cccc(N(C)C(C)C(=O)O)c1.[NaH]. The molecule has 4 nitrogen and oxygen atoms in total. The number of aliphatic hydroxyl groups is 1. The fourth-order valence-corrected chi connectivity index (χ4v) is 2.65. The first-order chi connectivity index (χ1) is 11.0. The summed E-state index contributed by atoms with van der Waals surface area (Å²) in [6.45, 7) is 3.87. The first-order valence-corrected chi connectivity index (χ1v) is 8.68. The Morgan fingerprint density at radius 3 is 2.50 bits per heavy atom. The number of carbonyl (C=O) groups is 1. The van der Waals surface area contributed by atoms with Crippen LogP contribution in [0, 0.1) is 0 Å². The summed E-state index contributed by atoms with van der Waals surface area (Å²) < 4.78 is 0. The topological polar surface area (TPSA) is 60.8 Å². The van der Waals surface area contributed by atoms with Crippen molar-refractivity contribution in [2.75, 3.05) is 11.9 Å². The Kier molecular flexibility index (Phi) is 12.5. The number of carboxylic acids is 1. The van der Waals surface area contributed by atoms with Crippen LogP contribution in [0.4, 0.5) is 5.69 Å². The van der Waals surface area contributed by atoms with Gasteiger partial charge < -0.3 is 15.1 Å². The number of rotatable bonds is 11. The van der Waals surface area contributed by atoms with Crippen LogP contribution in [0.25, 0.3) is 0 Å². The van der Waals surface area contributed by atoms with E-state index in [9.17, 15) is 9.90 Å². The van der Waals surface area contributed by atoms with Crippen molar-refractivity contribution in [3.05, 3.63) is 29.8 Å². The predicted octanol–water partition coefficient (Wildman–Crippen LogP) is 3.21. The Hall–Kier alpha value is -0.550. The van der Waals surface area contributed by atoms with E-state index in [0.29, 0.717) is 6.42 Å². The second-order valence-electron chi connectivity index (χ2n) is 6.36. The van der Waals surface area contributed by atoms with Crippen molar-refractivity contribution in [2.24, 2.45) is 0 Å². The zero-order valence-corrected chi connectivity index (χ0v) is 14.7. The molecule has 1 aromatic carbocycles. The zero-order chi connectivity index (χ0) is 17.2. The molecule has 2 unspecified atom stereocenters. The summed E-state index contributed by atoms with van der Waals surface area (Å²) in [7, 11) is 1.78. The van der Waals surface area contributed by atoms with Gasteiger partial charge in [0.2, 0.25) is 0 Å². The molecule has 0 aliphatic carbocycles. The summed E-state index contributed by atoms with van der Waals surface area (Å²) >= 11 is 0. The molecule has 1 rings (SSSR count). The van der Waals surface area contributed by atoms with Gasteiger partial charge in [0.15, 0.2) is 0 Å². The number of carboxylic acid groups (broad SMARTS) is 1. The Morgan fingerprint density at radius 2 is 1.88 bits per heavy atom. The van der Waals surface area contributed by atoms with E-state index in [2.05, 4.69) is 6.92 Å². The van der Waals surface area contributed by atoms with E-state index in [1.807, 2.05) is 24.3 Å². The summed E-state index contributed by atoms with van der Waals surface area (Å²) in [6, 6.07) is 7.21. The minimum absolute atomic E-state index is 0. The number of likely N-dealkylation sites (N-methyl/N-ethyl adjacent to an activating group) is 1. The molecule has 2 N–H and O–H groups in total. The molecule has 24 heavy (non-hydrogen) atoms. The molecule has 0 aliphatic rings. The molecule has 0 radical (unpaired) electrons. The molecule has 2 atom stereocenters. The molecule has 0 heterocycles. The van der Waals surface area contributed by atoms with Gasteiger partial charge in [-0.25, -0.2) is 4.79 Å². The quantitative estimate of drug-likeness (QED) is 0.478. The maximum absolute atomic E-state index is 11.1. The fourth-order valence-electron chi connectivity index (χ4n) is 2.65. The van der Waals surface area contributed by atoms with E-state index >= 15 is 0 Å². The van der Waals surface area contributed by atoms with Gasteiger partial charge in [-0.2, -0.15) is 0 Å². The van der Waals surface area contributed by atoms with Gasteiger partial charge in [0.25, 0.3) is 0 Å². The van der Waals surface area contributed by atoms with Gasteiger partial charge >= 0.3 is 35.5 Å². The summed E-state index contributed by atoms with van der Waals surface area (Å²) in [5.74, 6) is -0.843. The number of aliphatic hydroxyl groups excluding tert-OH is 1. The van der Waals surface area contributed by atoms with Gasteiger partial charge in [-0.05, 0) is 37.5 Å². The predicted molar refractivity (Wildman–Crippen MR) is 102 cm³/mol. The van der Waals surface area contributed by atoms with Crippen molar-refractivity contribution in [1.82, 2.24) is 0 Å². The van der Waals surface area contributed by atoms with Crippen molar-refractivity contribution in [3.8, 4) is 0 Å². The third-order valence-electron chi connectivity index (χ3n) is 4.37. The van der Waals surface area contributed by atoms with Gasteiger partial charge in [0.05, 0.1) is 6.10 Å². The van der Waals surface area contributed by atoms with Crippen LogP contribution >= 0.6 is 0 Å². The average Bonchev–Trinajstić information content (AvgIpc) is 2.53. The molecule has 5 heteroatoms. The Balaban J connectivity index is 0.00000529. The second kappa shape index (κ2) is 12.8. The van der Waals surface area contributed by atoms with Crippen LogP contribution in [0.15, 0.2) is 24.3 Å². The summed E-state index contributed by atoms with van der Waals surface area (Å²) in [4.78, 5) is 12.8. The van der Waals surface area contributed by atoms with Crippen LogP contribution in [0.2, 0.25) is 0 Å². The Bertz CT molecular complexity index is 481. The van der Waals surface area contributed by atoms with Gasteiger partial charge in [0.1, 0.15) is 6.04 Å².